The number of rotatable bonds is 3. The zero-order chi connectivity index (χ0) is 13.9. The fraction of sp³-hybridized carbons (Fsp3) is 0.625. The molecule has 3 unspecified atom stereocenters. The molecule has 1 fully saturated rings. The molecule has 4 nitrogen and oxygen atoms in total. The van der Waals surface area contributed by atoms with E-state index in [1.54, 1.807) is 0 Å². The molecule has 110 valence electrons. The van der Waals surface area contributed by atoms with Crippen LogP contribution in [0.25, 0.3) is 0 Å². The molecule has 2 heterocycles. The van der Waals surface area contributed by atoms with Crippen LogP contribution in [-0.2, 0) is 0 Å². The minimum atomic E-state index is -0.486. The molecule has 4 heteroatoms. The van der Waals surface area contributed by atoms with Crippen LogP contribution in [0.3, 0.4) is 0 Å². The molecule has 0 radical (unpaired) electrons. The van der Waals surface area contributed by atoms with Gasteiger partial charge in [0, 0.05) is 6.04 Å². The lowest BCUT2D eigenvalue weighted by Gasteiger charge is -2.33. The van der Waals surface area contributed by atoms with Gasteiger partial charge in [0.05, 0.1) is 6.10 Å². The van der Waals surface area contributed by atoms with Gasteiger partial charge in [0.15, 0.2) is 11.5 Å². The third-order valence-corrected chi connectivity index (χ3v) is 4.41. The second kappa shape index (κ2) is 6.02. The molecule has 2 aliphatic rings. The van der Waals surface area contributed by atoms with Gasteiger partial charge in [-0.3, -0.25) is 0 Å². The van der Waals surface area contributed by atoms with E-state index < -0.39 is 6.10 Å². The number of fused-ring (bicyclic) bond motifs is 1. The first-order chi connectivity index (χ1) is 9.78. The maximum absolute atomic E-state index is 10.6. The minimum Gasteiger partial charge on any atom is -0.486 e. The van der Waals surface area contributed by atoms with Crippen molar-refractivity contribution < 1.29 is 14.6 Å². The predicted octanol–water partition coefficient (Wildman–Crippen LogP) is 2.27. The molecule has 2 N–H and O–H groups in total. The number of nitrogens with one attached hydrogen (secondary N) is 1. The second-order valence-corrected chi connectivity index (χ2v) is 5.71. The first-order valence-corrected chi connectivity index (χ1v) is 7.59. The number of piperidine rings is 1. The van der Waals surface area contributed by atoms with Crippen molar-refractivity contribution in [2.45, 2.75) is 38.3 Å². The van der Waals surface area contributed by atoms with E-state index in [0.29, 0.717) is 19.1 Å². The van der Waals surface area contributed by atoms with E-state index in [1.165, 1.54) is 12.8 Å². The Labute approximate surface area is 120 Å². The van der Waals surface area contributed by atoms with Crippen LogP contribution in [0.4, 0.5) is 0 Å². The van der Waals surface area contributed by atoms with Crippen molar-refractivity contribution in [3.63, 3.8) is 0 Å². The van der Waals surface area contributed by atoms with E-state index in [0.717, 1.165) is 30.0 Å². The average molecular weight is 277 g/mol. The van der Waals surface area contributed by atoms with Crippen molar-refractivity contribution in [1.29, 1.82) is 0 Å². The number of hydrogen-bond acceptors (Lipinski definition) is 4. The highest BCUT2D eigenvalue weighted by Crippen LogP contribution is 2.35. The van der Waals surface area contributed by atoms with E-state index in [4.69, 9.17) is 9.47 Å². The summed E-state index contributed by atoms with van der Waals surface area (Å²) in [6.07, 6.45) is 2.94. The van der Waals surface area contributed by atoms with E-state index in [1.807, 2.05) is 18.2 Å². The summed E-state index contributed by atoms with van der Waals surface area (Å²) >= 11 is 0. The molecule has 3 atom stereocenters. The summed E-state index contributed by atoms with van der Waals surface area (Å²) in [5, 5.41) is 14.0. The summed E-state index contributed by atoms with van der Waals surface area (Å²) in [5.74, 6) is 2.24. The predicted molar refractivity (Wildman–Crippen MR) is 77.2 cm³/mol. The third-order valence-electron chi connectivity index (χ3n) is 4.41. The highest BCUT2D eigenvalue weighted by molar-refractivity contribution is 5.44. The highest BCUT2D eigenvalue weighted by atomic mass is 16.6. The highest BCUT2D eigenvalue weighted by Gasteiger charge is 2.28. The van der Waals surface area contributed by atoms with Crippen molar-refractivity contribution >= 4 is 0 Å². The molecule has 0 aromatic heterocycles. The lowest BCUT2D eigenvalue weighted by Crippen LogP contribution is -2.42. The monoisotopic (exact) mass is 277 g/mol. The van der Waals surface area contributed by atoms with Gasteiger partial charge in [-0.05, 0) is 43.0 Å². The molecule has 3 rings (SSSR count). The SMILES string of the molecule is CCC1CCNC(C(O)c2ccc3c(c2)OCCO3)C1. The average Bonchev–Trinajstić information content (AvgIpc) is 2.53. The first-order valence-electron chi connectivity index (χ1n) is 7.59. The number of hydrogen-bond donors (Lipinski definition) is 2. The van der Waals surface area contributed by atoms with Gasteiger partial charge >= 0.3 is 0 Å². The molecule has 2 aliphatic heterocycles. The smallest absolute Gasteiger partial charge is 0.161 e. The van der Waals surface area contributed by atoms with E-state index >= 15 is 0 Å². The lowest BCUT2D eigenvalue weighted by atomic mass is 9.86. The zero-order valence-corrected chi connectivity index (χ0v) is 12.0. The Morgan fingerprint density at radius 1 is 1.30 bits per heavy atom. The van der Waals surface area contributed by atoms with Crippen LogP contribution in [0, 0.1) is 5.92 Å². The Bertz CT molecular complexity index is 463. The van der Waals surface area contributed by atoms with Crippen LogP contribution in [0.2, 0.25) is 0 Å². The molecular formula is C16H23NO3. The van der Waals surface area contributed by atoms with Gasteiger partial charge in [0.2, 0.25) is 0 Å². The number of benzene rings is 1. The summed E-state index contributed by atoms with van der Waals surface area (Å²) in [5.41, 5.74) is 0.906. The normalized spacial score (nSPS) is 27.1. The molecule has 20 heavy (non-hydrogen) atoms. The van der Waals surface area contributed by atoms with Crippen molar-refractivity contribution in [1.82, 2.24) is 5.32 Å². The minimum absolute atomic E-state index is 0.135. The Balaban J connectivity index is 1.74. The van der Waals surface area contributed by atoms with Gasteiger partial charge in [-0.2, -0.15) is 0 Å². The summed E-state index contributed by atoms with van der Waals surface area (Å²) in [4.78, 5) is 0. The van der Waals surface area contributed by atoms with Crippen LogP contribution in [0.1, 0.15) is 37.9 Å². The standard InChI is InChI=1S/C16H23NO3/c1-2-11-5-6-17-13(9-11)16(18)12-3-4-14-15(10-12)20-8-7-19-14/h3-4,10-11,13,16-18H,2,5-9H2,1H3. The van der Waals surface area contributed by atoms with Crippen LogP contribution < -0.4 is 14.8 Å². The van der Waals surface area contributed by atoms with Crippen LogP contribution in [0.5, 0.6) is 11.5 Å². The van der Waals surface area contributed by atoms with E-state index in [-0.39, 0.29) is 6.04 Å². The molecule has 0 bridgehead atoms. The van der Waals surface area contributed by atoms with Gasteiger partial charge in [0.1, 0.15) is 13.2 Å². The fourth-order valence-corrected chi connectivity index (χ4v) is 3.12. The largest absolute Gasteiger partial charge is 0.486 e. The third kappa shape index (κ3) is 2.76. The second-order valence-electron chi connectivity index (χ2n) is 5.71. The first kappa shape index (κ1) is 13.7. The van der Waals surface area contributed by atoms with Crippen molar-refractivity contribution in [3.8, 4) is 11.5 Å². The molecule has 1 aromatic carbocycles. The van der Waals surface area contributed by atoms with Crippen molar-refractivity contribution in [2.24, 2.45) is 5.92 Å². The number of ether oxygens (including phenoxy) is 2. The summed E-state index contributed by atoms with van der Waals surface area (Å²) in [6.45, 7) is 4.39. The Morgan fingerprint density at radius 3 is 2.90 bits per heavy atom. The maximum Gasteiger partial charge on any atom is 0.161 e. The Hall–Kier alpha value is -1.26. The fourth-order valence-electron chi connectivity index (χ4n) is 3.12. The number of aliphatic hydroxyl groups excluding tert-OH is 1. The van der Waals surface area contributed by atoms with Crippen LogP contribution in [-0.4, -0.2) is 30.9 Å². The Kier molecular flexibility index (Phi) is 4.13. The topological polar surface area (TPSA) is 50.7 Å². The van der Waals surface area contributed by atoms with Gasteiger partial charge in [-0.1, -0.05) is 19.4 Å². The van der Waals surface area contributed by atoms with Gasteiger partial charge < -0.3 is 19.9 Å². The molecule has 0 spiro atoms. The molecular weight excluding hydrogens is 254 g/mol. The summed E-state index contributed by atoms with van der Waals surface area (Å²) in [6, 6.07) is 5.88. The lowest BCUT2D eigenvalue weighted by molar-refractivity contribution is 0.0970. The summed E-state index contributed by atoms with van der Waals surface area (Å²) < 4.78 is 11.1. The van der Waals surface area contributed by atoms with Crippen molar-refractivity contribution in [2.75, 3.05) is 19.8 Å². The zero-order valence-electron chi connectivity index (χ0n) is 12.0. The van der Waals surface area contributed by atoms with E-state index in [9.17, 15) is 5.11 Å². The van der Waals surface area contributed by atoms with Gasteiger partial charge in [-0.15, -0.1) is 0 Å². The number of aliphatic hydroxyl groups is 1. The Morgan fingerprint density at radius 2 is 2.10 bits per heavy atom. The van der Waals surface area contributed by atoms with Gasteiger partial charge in [0.25, 0.3) is 0 Å². The van der Waals surface area contributed by atoms with Gasteiger partial charge in [-0.25, -0.2) is 0 Å². The molecule has 1 aromatic rings. The summed E-state index contributed by atoms with van der Waals surface area (Å²) in [7, 11) is 0. The quantitative estimate of drug-likeness (QED) is 0.890. The van der Waals surface area contributed by atoms with Crippen molar-refractivity contribution in [3.05, 3.63) is 23.8 Å². The molecule has 0 saturated carbocycles. The molecule has 0 aliphatic carbocycles. The maximum atomic E-state index is 10.6. The van der Waals surface area contributed by atoms with Crippen LogP contribution >= 0.6 is 0 Å². The van der Waals surface area contributed by atoms with E-state index in [2.05, 4.69) is 12.2 Å². The molecule has 1 saturated heterocycles. The van der Waals surface area contributed by atoms with Crippen LogP contribution in [0.15, 0.2) is 18.2 Å². The molecule has 0 amide bonds.